The van der Waals surface area contributed by atoms with Crippen LogP contribution in [0.5, 0.6) is 0 Å². The Kier molecular flexibility index (Phi) is 3.59. The zero-order valence-electron chi connectivity index (χ0n) is 14.9. The third-order valence-electron chi connectivity index (χ3n) is 8.20. The van der Waals surface area contributed by atoms with Gasteiger partial charge in [-0.15, -0.1) is 0 Å². The van der Waals surface area contributed by atoms with Crippen LogP contribution >= 0.6 is 0 Å². The molecule has 0 unspecified atom stereocenters. The number of rotatable bonds is 1. The monoisotopic (exact) mass is 316 g/mol. The molecule has 0 aliphatic heterocycles. The quantitative estimate of drug-likeness (QED) is 0.760. The summed E-state index contributed by atoms with van der Waals surface area (Å²) >= 11 is 0. The summed E-state index contributed by atoms with van der Waals surface area (Å²) in [7, 11) is 0. The van der Waals surface area contributed by atoms with Gasteiger partial charge in [0.1, 0.15) is 0 Å². The maximum atomic E-state index is 10.3. The van der Waals surface area contributed by atoms with Crippen molar-refractivity contribution in [3.63, 3.8) is 0 Å². The van der Waals surface area contributed by atoms with Crippen LogP contribution in [0.25, 0.3) is 0 Å². The van der Waals surface area contributed by atoms with Gasteiger partial charge in [0.15, 0.2) is 0 Å². The molecule has 3 saturated carbocycles. The summed E-state index contributed by atoms with van der Waals surface area (Å²) < 4.78 is 0. The van der Waals surface area contributed by atoms with Crippen molar-refractivity contribution in [3.8, 4) is 0 Å². The number of fused-ring (bicyclic) bond motifs is 5. The van der Waals surface area contributed by atoms with E-state index in [4.69, 9.17) is 0 Å². The Morgan fingerprint density at radius 2 is 1.83 bits per heavy atom. The van der Waals surface area contributed by atoms with E-state index in [9.17, 15) is 10.2 Å². The van der Waals surface area contributed by atoms with E-state index in [0.717, 1.165) is 19.3 Å². The molecule has 0 heterocycles. The summed E-state index contributed by atoms with van der Waals surface area (Å²) in [5, 5.41) is 20.3. The summed E-state index contributed by atoms with van der Waals surface area (Å²) in [5.41, 5.74) is 3.71. The van der Waals surface area contributed by atoms with Crippen molar-refractivity contribution in [2.24, 2.45) is 28.6 Å². The number of allylic oxidation sites excluding steroid dienone is 3. The van der Waals surface area contributed by atoms with E-state index < -0.39 is 0 Å². The van der Waals surface area contributed by atoms with E-state index in [1.165, 1.54) is 31.3 Å². The summed E-state index contributed by atoms with van der Waals surface area (Å²) in [4.78, 5) is 0. The molecule has 4 aliphatic carbocycles. The van der Waals surface area contributed by atoms with Gasteiger partial charge in [0.05, 0.1) is 12.2 Å². The summed E-state index contributed by atoms with van der Waals surface area (Å²) in [6.45, 7) is 6.87. The normalized spacial score (nSPS) is 50.3. The van der Waals surface area contributed by atoms with Crippen LogP contribution in [0.2, 0.25) is 0 Å². The molecule has 23 heavy (non-hydrogen) atoms. The molecule has 0 spiro atoms. The topological polar surface area (TPSA) is 40.5 Å². The molecule has 2 nitrogen and oxygen atoms in total. The van der Waals surface area contributed by atoms with Gasteiger partial charge in [0.2, 0.25) is 0 Å². The van der Waals surface area contributed by atoms with E-state index in [1.54, 1.807) is 5.57 Å². The van der Waals surface area contributed by atoms with E-state index in [1.807, 2.05) is 6.92 Å². The number of hydrogen-bond donors (Lipinski definition) is 2. The maximum Gasteiger partial charge on any atom is 0.0578 e. The second kappa shape index (κ2) is 5.20. The van der Waals surface area contributed by atoms with Crippen LogP contribution < -0.4 is 0 Å². The van der Waals surface area contributed by atoms with Crippen molar-refractivity contribution in [1.82, 2.24) is 0 Å². The Hall–Kier alpha value is -0.600. The molecule has 0 bridgehead atoms. The first-order valence-corrected chi connectivity index (χ1v) is 9.63. The molecule has 0 saturated heterocycles. The summed E-state index contributed by atoms with van der Waals surface area (Å²) in [5.74, 6) is 1.78. The van der Waals surface area contributed by atoms with Crippen LogP contribution in [0.3, 0.4) is 0 Å². The molecule has 3 fully saturated rings. The average molecular weight is 316 g/mol. The Morgan fingerprint density at radius 3 is 2.57 bits per heavy atom. The third-order valence-corrected chi connectivity index (χ3v) is 8.20. The average Bonchev–Trinajstić information content (AvgIpc) is 2.85. The van der Waals surface area contributed by atoms with Crippen LogP contribution in [-0.2, 0) is 0 Å². The second-order valence-corrected chi connectivity index (χ2v) is 9.25. The van der Waals surface area contributed by atoms with E-state index in [0.29, 0.717) is 17.8 Å². The van der Waals surface area contributed by atoms with E-state index in [2.05, 4.69) is 26.0 Å². The lowest BCUT2D eigenvalue weighted by Gasteiger charge is -2.55. The fourth-order valence-corrected chi connectivity index (χ4v) is 6.82. The highest BCUT2D eigenvalue weighted by Crippen LogP contribution is 2.65. The van der Waals surface area contributed by atoms with Gasteiger partial charge in [-0.05, 0) is 80.5 Å². The maximum absolute atomic E-state index is 10.3. The summed E-state index contributed by atoms with van der Waals surface area (Å²) in [6, 6.07) is 0. The molecular formula is C21H32O2. The highest BCUT2D eigenvalue weighted by atomic mass is 16.3. The van der Waals surface area contributed by atoms with Crippen molar-refractivity contribution in [1.29, 1.82) is 0 Å². The molecule has 2 heteroatoms. The first-order valence-electron chi connectivity index (χ1n) is 9.63. The molecule has 0 aromatic carbocycles. The Bertz CT molecular complexity index is 560. The predicted molar refractivity (Wildman–Crippen MR) is 92.9 cm³/mol. The van der Waals surface area contributed by atoms with Crippen LogP contribution in [0.4, 0.5) is 0 Å². The predicted octanol–water partition coefficient (Wildman–Crippen LogP) is 4.23. The molecule has 0 aromatic heterocycles. The van der Waals surface area contributed by atoms with Gasteiger partial charge in [-0.3, -0.25) is 0 Å². The molecule has 128 valence electrons. The lowest BCUT2D eigenvalue weighted by Crippen LogP contribution is -2.47. The molecule has 7 atom stereocenters. The van der Waals surface area contributed by atoms with Gasteiger partial charge in [-0.2, -0.15) is 0 Å². The van der Waals surface area contributed by atoms with Crippen LogP contribution in [0, 0.1) is 28.6 Å². The Labute approximate surface area is 140 Å². The Morgan fingerprint density at radius 1 is 1.04 bits per heavy atom. The molecule has 0 radical (unpaired) electrons. The van der Waals surface area contributed by atoms with Gasteiger partial charge in [0, 0.05) is 0 Å². The number of aliphatic hydroxyl groups excluding tert-OH is 2. The minimum atomic E-state index is -0.183. The van der Waals surface area contributed by atoms with Gasteiger partial charge >= 0.3 is 0 Å². The van der Waals surface area contributed by atoms with E-state index in [-0.39, 0.29) is 23.0 Å². The highest BCUT2D eigenvalue weighted by Gasteiger charge is 2.56. The van der Waals surface area contributed by atoms with Crippen LogP contribution in [0.1, 0.15) is 65.7 Å². The van der Waals surface area contributed by atoms with Gasteiger partial charge in [-0.1, -0.05) is 37.1 Å². The molecule has 4 rings (SSSR count). The van der Waals surface area contributed by atoms with E-state index >= 15 is 0 Å². The van der Waals surface area contributed by atoms with Gasteiger partial charge < -0.3 is 10.2 Å². The van der Waals surface area contributed by atoms with Crippen molar-refractivity contribution in [2.45, 2.75) is 77.9 Å². The highest BCUT2D eigenvalue weighted by molar-refractivity contribution is 5.38. The molecule has 0 aromatic rings. The molecular weight excluding hydrogens is 284 g/mol. The minimum Gasteiger partial charge on any atom is -0.393 e. The SMILES string of the molecule is C[C@H](O)[C@H]1CC[C@H]2C3=CC=C4C[C@@H](O)CC[C@]4(C)[C@H]3CC[C@]12C. The van der Waals surface area contributed by atoms with Crippen molar-refractivity contribution in [3.05, 3.63) is 23.3 Å². The first-order chi connectivity index (χ1) is 10.9. The lowest BCUT2D eigenvalue weighted by molar-refractivity contribution is 0.00425. The van der Waals surface area contributed by atoms with Gasteiger partial charge in [0.25, 0.3) is 0 Å². The van der Waals surface area contributed by atoms with Crippen LogP contribution in [-0.4, -0.2) is 22.4 Å². The zero-order valence-corrected chi connectivity index (χ0v) is 14.9. The van der Waals surface area contributed by atoms with Gasteiger partial charge in [-0.25, -0.2) is 0 Å². The third kappa shape index (κ3) is 2.14. The molecule has 4 aliphatic rings. The molecule has 2 N–H and O–H groups in total. The zero-order chi connectivity index (χ0) is 16.4. The van der Waals surface area contributed by atoms with Crippen molar-refractivity contribution >= 4 is 0 Å². The smallest absolute Gasteiger partial charge is 0.0578 e. The fourth-order valence-electron chi connectivity index (χ4n) is 6.82. The lowest BCUT2D eigenvalue weighted by atomic mass is 9.50. The number of aliphatic hydroxyl groups is 2. The summed E-state index contributed by atoms with van der Waals surface area (Å²) in [6.07, 6.45) is 12.3. The second-order valence-electron chi connectivity index (χ2n) is 9.25. The minimum absolute atomic E-state index is 0.135. The van der Waals surface area contributed by atoms with Crippen LogP contribution in [0.15, 0.2) is 23.3 Å². The first kappa shape index (κ1) is 15.9. The fraction of sp³-hybridized carbons (Fsp3) is 0.810. The van der Waals surface area contributed by atoms with Crippen molar-refractivity contribution in [2.75, 3.05) is 0 Å². The largest absolute Gasteiger partial charge is 0.393 e. The standard InChI is InChI=1S/C21H32O2/c1-13(22)17-6-7-18-16-5-4-14-12-15(23)8-10-20(14,2)19(16)9-11-21(17,18)3/h4-5,13,15,17-19,22-23H,6-12H2,1-3H3/t13-,15-,17+,18-,19-,20-,21+/m0/s1. The Balaban J connectivity index is 1.71. The molecule has 0 amide bonds. The number of hydrogen-bond acceptors (Lipinski definition) is 2. The van der Waals surface area contributed by atoms with Crippen molar-refractivity contribution < 1.29 is 10.2 Å².